The average molecular weight is 491 g/mol. The van der Waals surface area contributed by atoms with Crippen molar-refractivity contribution in [3.05, 3.63) is 26.8 Å². The number of thiazole rings is 1. The number of methoxy groups -OCH3 is 1. The number of hydrogen-bond donors (Lipinski definition) is 1. The van der Waals surface area contributed by atoms with Gasteiger partial charge in [0.1, 0.15) is 15.5 Å². The van der Waals surface area contributed by atoms with E-state index < -0.39 is 5.97 Å². The van der Waals surface area contributed by atoms with Gasteiger partial charge in [-0.2, -0.15) is 0 Å². The van der Waals surface area contributed by atoms with Crippen LogP contribution in [0.4, 0.5) is 5.13 Å². The standard InChI is InChI=1S/C20H22N6O3S3/c1-8(2)15-23-17-13(9(3)11(5)31-17)16-24-25-20(26(15)16)30-7-12(27)22-19-21-10(4)14(32-19)18(28)29-6/h8H,7H2,1-6H3,(H,21,22,27). The smallest absolute Gasteiger partial charge is 0.350 e. The molecule has 9 nitrogen and oxygen atoms in total. The first-order chi connectivity index (χ1) is 15.2. The van der Waals surface area contributed by atoms with Crippen LogP contribution in [0.3, 0.4) is 0 Å². The van der Waals surface area contributed by atoms with Crippen molar-refractivity contribution in [2.24, 2.45) is 0 Å². The number of thioether (sulfide) groups is 1. The van der Waals surface area contributed by atoms with E-state index in [2.05, 4.69) is 48.2 Å². The summed E-state index contributed by atoms with van der Waals surface area (Å²) in [5.74, 6) is 0.414. The maximum absolute atomic E-state index is 12.5. The Morgan fingerprint density at radius 3 is 2.59 bits per heavy atom. The van der Waals surface area contributed by atoms with Crippen LogP contribution in [0.15, 0.2) is 5.16 Å². The van der Waals surface area contributed by atoms with Crippen LogP contribution in [0.25, 0.3) is 15.9 Å². The highest BCUT2D eigenvalue weighted by Gasteiger charge is 2.22. The van der Waals surface area contributed by atoms with E-state index in [9.17, 15) is 9.59 Å². The third kappa shape index (κ3) is 3.97. The van der Waals surface area contributed by atoms with Crippen LogP contribution >= 0.6 is 34.4 Å². The van der Waals surface area contributed by atoms with Crippen molar-refractivity contribution in [1.29, 1.82) is 0 Å². The monoisotopic (exact) mass is 490 g/mol. The van der Waals surface area contributed by atoms with Crippen molar-refractivity contribution in [2.75, 3.05) is 18.2 Å². The van der Waals surface area contributed by atoms with E-state index in [0.717, 1.165) is 38.6 Å². The molecule has 0 radical (unpaired) electrons. The molecule has 4 heterocycles. The first kappa shape index (κ1) is 22.6. The molecule has 4 rings (SSSR count). The highest BCUT2D eigenvalue weighted by molar-refractivity contribution is 7.99. The molecule has 4 aromatic rings. The highest BCUT2D eigenvalue weighted by Crippen LogP contribution is 2.34. The maximum atomic E-state index is 12.5. The molecule has 0 unspecified atom stereocenters. The Labute approximate surface area is 196 Å². The Bertz CT molecular complexity index is 1350. The zero-order chi connectivity index (χ0) is 23.2. The lowest BCUT2D eigenvalue weighted by atomic mass is 10.2. The summed E-state index contributed by atoms with van der Waals surface area (Å²) in [5, 5.41) is 13.5. The molecule has 168 valence electrons. The van der Waals surface area contributed by atoms with Crippen molar-refractivity contribution in [3.63, 3.8) is 0 Å². The fraction of sp³-hybridized carbons (Fsp3) is 0.400. The first-order valence-electron chi connectivity index (χ1n) is 9.84. The fourth-order valence-electron chi connectivity index (χ4n) is 3.24. The van der Waals surface area contributed by atoms with E-state index >= 15 is 0 Å². The molecule has 1 amide bonds. The van der Waals surface area contributed by atoms with Crippen LogP contribution in [0, 0.1) is 20.8 Å². The minimum atomic E-state index is -0.469. The van der Waals surface area contributed by atoms with Gasteiger partial charge in [-0.1, -0.05) is 36.9 Å². The van der Waals surface area contributed by atoms with Crippen LogP contribution in [0.1, 0.15) is 51.4 Å². The van der Waals surface area contributed by atoms with Crippen LogP contribution in [-0.4, -0.2) is 49.3 Å². The second kappa shape index (κ2) is 8.75. The van der Waals surface area contributed by atoms with E-state index in [0.29, 0.717) is 20.9 Å². The molecule has 0 aliphatic heterocycles. The van der Waals surface area contributed by atoms with E-state index in [1.165, 1.54) is 23.7 Å². The summed E-state index contributed by atoms with van der Waals surface area (Å²) in [6, 6.07) is 0. The number of esters is 1. The lowest BCUT2D eigenvalue weighted by Crippen LogP contribution is -2.14. The maximum Gasteiger partial charge on any atom is 0.350 e. The molecule has 0 fully saturated rings. The Morgan fingerprint density at radius 1 is 1.16 bits per heavy atom. The molecule has 0 atom stereocenters. The molecule has 0 aliphatic rings. The van der Waals surface area contributed by atoms with Gasteiger partial charge in [0.25, 0.3) is 0 Å². The van der Waals surface area contributed by atoms with Gasteiger partial charge in [0, 0.05) is 10.8 Å². The van der Waals surface area contributed by atoms with Crippen LogP contribution < -0.4 is 5.32 Å². The molecule has 0 bridgehead atoms. The Balaban J connectivity index is 1.59. The Morgan fingerprint density at radius 2 is 1.91 bits per heavy atom. The molecule has 32 heavy (non-hydrogen) atoms. The van der Waals surface area contributed by atoms with Crippen LogP contribution in [0.5, 0.6) is 0 Å². The quantitative estimate of drug-likeness (QED) is 0.313. The highest BCUT2D eigenvalue weighted by atomic mass is 32.2. The minimum Gasteiger partial charge on any atom is -0.465 e. The van der Waals surface area contributed by atoms with Gasteiger partial charge in [0.05, 0.1) is 23.9 Å². The topological polar surface area (TPSA) is 111 Å². The largest absolute Gasteiger partial charge is 0.465 e. The Kier molecular flexibility index (Phi) is 6.19. The third-order valence-corrected chi connectivity index (χ3v) is 8.01. The second-order valence-corrected chi connectivity index (χ2v) is 10.6. The molecule has 4 aromatic heterocycles. The molecule has 0 saturated carbocycles. The molecule has 0 aliphatic carbocycles. The zero-order valence-corrected chi connectivity index (χ0v) is 20.9. The molecular weight excluding hydrogens is 468 g/mol. The number of aryl methyl sites for hydroxylation is 3. The van der Waals surface area contributed by atoms with Crippen molar-refractivity contribution < 1.29 is 14.3 Å². The number of anilines is 1. The van der Waals surface area contributed by atoms with Gasteiger partial charge in [-0.3, -0.25) is 9.20 Å². The van der Waals surface area contributed by atoms with Gasteiger partial charge < -0.3 is 10.1 Å². The third-order valence-electron chi connectivity index (χ3n) is 4.93. The van der Waals surface area contributed by atoms with Crippen molar-refractivity contribution >= 4 is 67.3 Å². The summed E-state index contributed by atoms with van der Waals surface area (Å²) < 4.78 is 6.69. The van der Waals surface area contributed by atoms with Crippen molar-refractivity contribution in [3.8, 4) is 0 Å². The van der Waals surface area contributed by atoms with Gasteiger partial charge in [-0.25, -0.2) is 14.8 Å². The predicted octanol–water partition coefficient (Wildman–Crippen LogP) is 4.36. The number of fused-ring (bicyclic) bond motifs is 3. The van der Waals surface area contributed by atoms with Gasteiger partial charge in [0.15, 0.2) is 15.9 Å². The van der Waals surface area contributed by atoms with E-state index in [4.69, 9.17) is 9.72 Å². The molecule has 0 saturated heterocycles. The fourth-order valence-corrected chi connectivity index (χ4v) is 5.91. The molecule has 0 spiro atoms. The van der Waals surface area contributed by atoms with E-state index in [-0.39, 0.29) is 17.6 Å². The molecule has 1 N–H and O–H groups in total. The number of carbonyl (C=O) groups is 2. The number of hydrogen-bond acceptors (Lipinski definition) is 10. The summed E-state index contributed by atoms with van der Waals surface area (Å²) in [6.45, 7) is 10.00. The van der Waals surface area contributed by atoms with Gasteiger partial charge in [-0.05, 0) is 26.3 Å². The number of thiophene rings is 1. The van der Waals surface area contributed by atoms with Gasteiger partial charge in [0.2, 0.25) is 5.91 Å². The number of nitrogens with one attached hydrogen (secondary N) is 1. The predicted molar refractivity (Wildman–Crippen MR) is 127 cm³/mol. The Hall–Kier alpha value is -2.57. The average Bonchev–Trinajstić information content (AvgIpc) is 3.41. The normalized spacial score (nSPS) is 11.6. The molecule has 0 aromatic carbocycles. The zero-order valence-electron chi connectivity index (χ0n) is 18.5. The molecular formula is C20H22N6O3S3. The number of nitrogens with zero attached hydrogens (tertiary/aromatic N) is 5. The van der Waals surface area contributed by atoms with Gasteiger partial charge in [-0.15, -0.1) is 21.5 Å². The number of rotatable bonds is 6. The number of aromatic nitrogens is 5. The summed E-state index contributed by atoms with van der Waals surface area (Å²) in [6.07, 6.45) is 0. The van der Waals surface area contributed by atoms with E-state index in [1.807, 2.05) is 4.40 Å². The molecule has 12 heteroatoms. The van der Waals surface area contributed by atoms with E-state index in [1.54, 1.807) is 18.3 Å². The first-order valence-corrected chi connectivity index (χ1v) is 12.5. The minimum absolute atomic E-state index is 0.115. The van der Waals surface area contributed by atoms with Crippen molar-refractivity contribution in [2.45, 2.75) is 45.7 Å². The van der Waals surface area contributed by atoms with Crippen LogP contribution in [0.2, 0.25) is 0 Å². The SMILES string of the molecule is COC(=O)c1sc(NC(=O)CSc2nnc3c4c(C)c(C)sc4nc(C(C)C)n23)nc1C. The summed E-state index contributed by atoms with van der Waals surface area (Å²) in [7, 11) is 1.31. The number of ether oxygens (including phenoxy) is 1. The summed E-state index contributed by atoms with van der Waals surface area (Å²) in [4.78, 5) is 35.9. The summed E-state index contributed by atoms with van der Waals surface area (Å²) in [5.41, 5.74) is 2.44. The number of carbonyl (C=O) groups excluding carboxylic acids is 2. The number of amides is 1. The summed E-state index contributed by atoms with van der Waals surface area (Å²) >= 11 is 4.03. The van der Waals surface area contributed by atoms with Crippen molar-refractivity contribution in [1.82, 2.24) is 24.6 Å². The van der Waals surface area contributed by atoms with Crippen LogP contribution in [-0.2, 0) is 9.53 Å². The lowest BCUT2D eigenvalue weighted by molar-refractivity contribution is -0.113. The lowest BCUT2D eigenvalue weighted by Gasteiger charge is -2.10. The van der Waals surface area contributed by atoms with Gasteiger partial charge >= 0.3 is 5.97 Å². The second-order valence-electron chi connectivity index (χ2n) is 7.49.